The molecule has 5 rings (SSSR count). The molecule has 0 bridgehead atoms. The van der Waals surface area contributed by atoms with Crippen molar-refractivity contribution in [1.82, 2.24) is 0 Å². The molecule has 8 atom stereocenters. The van der Waals surface area contributed by atoms with Crippen molar-refractivity contribution in [1.29, 1.82) is 0 Å². The molecule has 1 aliphatic heterocycles. The lowest BCUT2D eigenvalue weighted by Crippen LogP contribution is -2.61. The first-order valence-electron chi connectivity index (χ1n) is 12.4. The minimum Gasteiger partial charge on any atom is -0.463 e. The third-order valence-corrected chi connectivity index (χ3v) is 10.0. The topological polar surface area (TPSA) is 89.9 Å². The van der Waals surface area contributed by atoms with Gasteiger partial charge in [0.15, 0.2) is 5.78 Å². The molecule has 4 aliphatic carbocycles. The van der Waals surface area contributed by atoms with Crippen LogP contribution in [0.1, 0.15) is 79.1 Å². The fourth-order valence-corrected chi connectivity index (χ4v) is 8.50. The molecule has 1 spiro atoms. The average Bonchev–Trinajstić information content (AvgIpc) is 3.23. The number of ether oxygens (including phenoxy) is 2. The van der Waals surface area contributed by atoms with Gasteiger partial charge < -0.3 is 14.6 Å². The Bertz CT molecular complexity index is 891. The van der Waals surface area contributed by atoms with Gasteiger partial charge in [-0.3, -0.25) is 14.4 Å². The van der Waals surface area contributed by atoms with Gasteiger partial charge in [0.25, 0.3) is 0 Å². The number of hydrogen-bond donors (Lipinski definition) is 1. The maximum absolute atomic E-state index is 13.4. The van der Waals surface area contributed by atoms with Crippen molar-refractivity contribution in [3.8, 4) is 0 Å². The number of hydrogen-bond acceptors (Lipinski definition) is 6. The summed E-state index contributed by atoms with van der Waals surface area (Å²) in [6, 6.07) is 0. The van der Waals surface area contributed by atoms with Crippen molar-refractivity contribution in [2.75, 3.05) is 0 Å². The smallest absolute Gasteiger partial charge is 0.312 e. The summed E-state index contributed by atoms with van der Waals surface area (Å²) < 4.78 is 11.7. The molecule has 0 amide bonds. The van der Waals surface area contributed by atoms with Crippen LogP contribution in [-0.4, -0.2) is 40.6 Å². The zero-order chi connectivity index (χ0) is 23.1. The fraction of sp³-hybridized carbons (Fsp3) is 0.808. The lowest BCUT2D eigenvalue weighted by atomic mass is 9.43. The number of carbonyl (C=O) groups is 3. The lowest BCUT2D eigenvalue weighted by Gasteiger charge is -2.61. The maximum Gasteiger partial charge on any atom is 0.312 e. The fourth-order valence-electron chi connectivity index (χ4n) is 8.50. The number of ketones is 1. The first-order valence-corrected chi connectivity index (χ1v) is 12.4. The molecular weight excluding hydrogens is 408 g/mol. The summed E-state index contributed by atoms with van der Waals surface area (Å²) in [6.07, 6.45) is 6.28. The molecule has 0 unspecified atom stereocenters. The minimum atomic E-state index is -1.01. The third-order valence-electron chi connectivity index (χ3n) is 10.0. The van der Waals surface area contributed by atoms with Gasteiger partial charge in [0.2, 0.25) is 0 Å². The number of rotatable bonds is 2. The van der Waals surface area contributed by atoms with Crippen LogP contribution in [0, 0.1) is 34.5 Å². The number of aliphatic hydroxyl groups is 1. The van der Waals surface area contributed by atoms with Crippen molar-refractivity contribution < 1.29 is 29.0 Å². The standard InChI is InChI=1S/C26H36O6/c1-14(2)31-23(30)21-20-16(24(3)9-5-15(27)13-18(24)22(21)29)6-10-25(4)17(20)7-11-26(25)12-8-19(28)32-26/h13-14,16-17,20-22,29H,5-12H2,1-4H3/t16-,17-,20+,21-,22-,24+,25-,26+/m0/s1. The van der Waals surface area contributed by atoms with Crippen LogP contribution in [0.3, 0.4) is 0 Å². The normalized spacial score (nSPS) is 47.6. The molecule has 1 saturated heterocycles. The van der Waals surface area contributed by atoms with Gasteiger partial charge in [-0.05, 0) is 87.2 Å². The third kappa shape index (κ3) is 2.83. The average molecular weight is 445 g/mol. The van der Waals surface area contributed by atoms with Crippen LogP contribution in [-0.2, 0) is 23.9 Å². The van der Waals surface area contributed by atoms with Crippen molar-refractivity contribution >= 4 is 17.7 Å². The van der Waals surface area contributed by atoms with E-state index in [-0.39, 0.29) is 52.4 Å². The second kappa shape index (κ2) is 7.15. The predicted octanol–water partition coefficient (Wildman–Crippen LogP) is 3.74. The van der Waals surface area contributed by atoms with Crippen LogP contribution >= 0.6 is 0 Å². The Balaban J connectivity index is 1.60. The quantitative estimate of drug-likeness (QED) is 0.653. The molecule has 1 N–H and O–H groups in total. The zero-order valence-electron chi connectivity index (χ0n) is 19.7. The molecule has 5 aliphatic rings. The Labute approximate surface area is 190 Å². The summed E-state index contributed by atoms with van der Waals surface area (Å²) in [4.78, 5) is 37.9. The molecule has 0 aromatic heterocycles. The number of fused-ring (bicyclic) bond motifs is 6. The van der Waals surface area contributed by atoms with E-state index in [4.69, 9.17) is 9.47 Å². The Kier molecular flexibility index (Phi) is 4.94. The van der Waals surface area contributed by atoms with Crippen LogP contribution in [0.5, 0.6) is 0 Å². The highest BCUT2D eigenvalue weighted by molar-refractivity contribution is 5.92. The summed E-state index contributed by atoms with van der Waals surface area (Å²) in [7, 11) is 0. The minimum absolute atomic E-state index is 0.0317. The molecule has 32 heavy (non-hydrogen) atoms. The van der Waals surface area contributed by atoms with Gasteiger partial charge >= 0.3 is 11.9 Å². The van der Waals surface area contributed by atoms with Crippen LogP contribution in [0.4, 0.5) is 0 Å². The van der Waals surface area contributed by atoms with E-state index in [1.807, 2.05) is 13.8 Å². The number of esters is 2. The molecule has 1 heterocycles. The van der Waals surface area contributed by atoms with Gasteiger partial charge in [-0.1, -0.05) is 13.8 Å². The van der Waals surface area contributed by atoms with E-state index in [0.29, 0.717) is 19.3 Å². The van der Waals surface area contributed by atoms with E-state index in [2.05, 4.69) is 13.8 Å². The second-order valence-electron chi connectivity index (χ2n) is 11.7. The van der Waals surface area contributed by atoms with Crippen LogP contribution in [0.25, 0.3) is 0 Å². The Morgan fingerprint density at radius 3 is 2.47 bits per heavy atom. The van der Waals surface area contributed by atoms with Crippen LogP contribution < -0.4 is 0 Å². The van der Waals surface area contributed by atoms with Crippen LogP contribution in [0.2, 0.25) is 0 Å². The van der Waals surface area contributed by atoms with Gasteiger partial charge in [0, 0.05) is 18.3 Å². The van der Waals surface area contributed by atoms with E-state index in [1.165, 1.54) is 0 Å². The van der Waals surface area contributed by atoms with Crippen LogP contribution in [0.15, 0.2) is 11.6 Å². The molecule has 3 saturated carbocycles. The lowest BCUT2D eigenvalue weighted by molar-refractivity contribution is -0.188. The van der Waals surface area contributed by atoms with Crippen molar-refractivity contribution in [2.24, 2.45) is 34.5 Å². The van der Waals surface area contributed by atoms with Gasteiger partial charge in [-0.25, -0.2) is 0 Å². The largest absolute Gasteiger partial charge is 0.463 e. The van der Waals surface area contributed by atoms with E-state index in [0.717, 1.165) is 37.7 Å². The SMILES string of the molecule is CC(C)OC(=O)[C@H]1[C@@H]2[C@H](CC[C@@]3(C)[C@H]2CC[C@@]32CCC(=O)O2)[C@@]2(C)CCC(=O)C=C2[C@@H]1O. The van der Waals surface area contributed by atoms with E-state index in [1.54, 1.807) is 6.08 Å². The molecule has 176 valence electrons. The molecule has 0 aromatic carbocycles. The molecule has 0 radical (unpaired) electrons. The summed E-state index contributed by atoms with van der Waals surface area (Å²) in [5, 5.41) is 11.6. The molecule has 0 aromatic rings. The summed E-state index contributed by atoms with van der Waals surface area (Å²) in [5.74, 6) is -0.825. The maximum atomic E-state index is 13.4. The summed E-state index contributed by atoms with van der Waals surface area (Å²) >= 11 is 0. The van der Waals surface area contributed by atoms with Crippen molar-refractivity contribution in [2.45, 2.75) is 96.9 Å². The first-order chi connectivity index (χ1) is 15.0. The number of carbonyl (C=O) groups excluding carboxylic acids is 3. The predicted molar refractivity (Wildman–Crippen MR) is 116 cm³/mol. The van der Waals surface area contributed by atoms with E-state index in [9.17, 15) is 19.5 Å². The monoisotopic (exact) mass is 444 g/mol. The summed E-state index contributed by atoms with van der Waals surface area (Å²) in [6.45, 7) is 8.07. The highest BCUT2D eigenvalue weighted by Gasteiger charge is 2.70. The van der Waals surface area contributed by atoms with Gasteiger partial charge in [-0.15, -0.1) is 0 Å². The van der Waals surface area contributed by atoms with E-state index < -0.39 is 17.6 Å². The molecule has 6 nitrogen and oxygen atoms in total. The van der Waals surface area contributed by atoms with Crippen molar-refractivity contribution in [3.05, 3.63) is 11.6 Å². The van der Waals surface area contributed by atoms with Crippen molar-refractivity contribution in [3.63, 3.8) is 0 Å². The molecular formula is C26H36O6. The zero-order valence-corrected chi connectivity index (χ0v) is 19.7. The first kappa shape index (κ1) is 22.1. The van der Waals surface area contributed by atoms with E-state index >= 15 is 0 Å². The summed E-state index contributed by atoms with van der Waals surface area (Å²) in [5.41, 5.74) is -0.227. The van der Waals surface area contributed by atoms with Gasteiger partial charge in [-0.2, -0.15) is 0 Å². The molecule has 6 heteroatoms. The number of aliphatic hydroxyl groups excluding tert-OH is 1. The Morgan fingerprint density at radius 2 is 1.81 bits per heavy atom. The Morgan fingerprint density at radius 1 is 1.09 bits per heavy atom. The van der Waals surface area contributed by atoms with Gasteiger partial charge in [0.05, 0.1) is 18.1 Å². The Hall–Kier alpha value is -1.69. The highest BCUT2D eigenvalue weighted by atomic mass is 16.6. The van der Waals surface area contributed by atoms with Gasteiger partial charge in [0.1, 0.15) is 5.60 Å². The highest BCUT2D eigenvalue weighted by Crippen LogP contribution is 2.70. The molecule has 4 fully saturated rings. The second-order valence-corrected chi connectivity index (χ2v) is 11.7.